The zero-order valence-electron chi connectivity index (χ0n) is 26.9. The standard InChI is InChI=1S/C37H46N2O6/c1-7-9-10-14-21-44-35(43)30-29-33(41)39(28(23-40)27-18-12-11-13-19-27)32(37(29)22-26(5)36(30,6)45-37)34(42)38(20-8-2)31-24(3)16-15-17-25(31)4/h7-8,11-13,15-19,26,28-30,32,40H,1-2,9-10,14,20-23H2,3-6H3/t26?,28-,29+,30+,32?,36-,37?/m1/s1. The molecule has 1 spiro atoms. The van der Waals surface area contributed by atoms with Crippen LogP contribution in [0.3, 0.4) is 0 Å². The number of allylic oxidation sites excluding steroid dienone is 1. The molecule has 0 radical (unpaired) electrons. The van der Waals surface area contributed by atoms with Crippen molar-refractivity contribution in [3.8, 4) is 0 Å². The summed E-state index contributed by atoms with van der Waals surface area (Å²) < 4.78 is 12.7. The lowest BCUT2D eigenvalue weighted by Crippen LogP contribution is -2.57. The highest BCUT2D eigenvalue weighted by Crippen LogP contribution is 2.66. The summed E-state index contributed by atoms with van der Waals surface area (Å²) in [5, 5.41) is 10.8. The number of benzene rings is 2. The summed E-state index contributed by atoms with van der Waals surface area (Å²) in [6, 6.07) is 13.1. The maximum absolute atomic E-state index is 15.1. The fourth-order valence-corrected chi connectivity index (χ4v) is 8.13. The molecule has 7 atom stereocenters. The number of carbonyl (C=O) groups excluding carboxylic acids is 3. The lowest BCUT2D eigenvalue weighted by Gasteiger charge is -2.40. The van der Waals surface area contributed by atoms with Gasteiger partial charge in [0, 0.05) is 12.2 Å². The summed E-state index contributed by atoms with van der Waals surface area (Å²) in [5.41, 5.74) is 0.982. The second-order valence-corrected chi connectivity index (χ2v) is 13.0. The van der Waals surface area contributed by atoms with Crippen LogP contribution in [0.1, 0.15) is 62.3 Å². The average Bonchev–Trinajstić information content (AvgIpc) is 3.53. The van der Waals surface area contributed by atoms with Crippen molar-refractivity contribution in [3.63, 3.8) is 0 Å². The van der Waals surface area contributed by atoms with Gasteiger partial charge in [-0.1, -0.05) is 67.6 Å². The van der Waals surface area contributed by atoms with E-state index in [2.05, 4.69) is 13.2 Å². The number of amides is 2. The first-order valence-electron chi connectivity index (χ1n) is 16.0. The number of aliphatic hydroxyl groups excluding tert-OH is 1. The highest BCUT2D eigenvalue weighted by Gasteiger charge is 2.81. The van der Waals surface area contributed by atoms with Gasteiger partial charge in [0.1, 0.15) is 17.6 Å². The van der Waals surface area contributed by atoms with Gasteiger partial charge >= 0.3 is 5.97 Å². The Labute approximate surface area is 266 Å². The zero-order chi connectivity index (χ0) is 32.5. The molecule has 3 aliphatic heterocycles. The minimum Gasteiger partial charge on any atom is -0.465 e. The Balaban J connectivity index is 1.64. The van der Waals surface area contributed by atoms with E-state index in [9.17, 15) is 14.7 Å². The minimum absolute atomic E-state index is 0.132. The lowest BCUT2D eigenvalue weighted by atomic mass is 9.62. The SMILES string of the molecule is C=CCCCCOC(=O)[C@@H]1[C@H]2C(=O)N([C@H](CO)c3ccccc3)C(C(=O)N(CC=C)c3c(C)cccc3C)C23CC(C)[C@@]1(C)O3. The lowest BCUT2D eigenvalue weighted by molar-refractivity contribution is -0.162. The Morgan fingerprint density at radius 1 is 1.11 bits per heavy atom. The fraction of sp³-hybridized carbons (Fsp3) is 0.486. The van der Waals surface area contributed by atoms with Crippen LogP contribution >= 0.6 is 0 Å². The Morgan fingerprint density at radius 3 is 2.42 bits per heavy atom. The Hall–Kier alpha value is -3.75. The van der Waals surface area contributed by atoms with Crippen molar-refractivity contribution in [3.05, 3.63) is 90.5 Å². The third kappa shape index (κ3) is 5.32. The molecule has 5 rings (SSSR count). The molecule has 3 heterocycles. The molecule has 0 aromatic heterocycles. The van der Waals surface area contributed by atoms with Crippen LogP contribution in [0.15, 0.2) is 73.8 Å². The van der Waals surface area contributed by atoms with E-state index in [4.69, 9.17) is 9.47 Å². The summed E-state index contributed by atoms with van der Waals surface area (Å²) in [6.45, 7) is 15.5. The van der Waals surface area contributed by atoms with Crippen LogP contribution in [-0.2, 0) is 23.9 Å². The second kappa shape index (κ2) is 12.9. The van der Waals surface area contributed by atoms with Crippen LogP contribution in [0.25, 0.3) is 0 Å². The van der Waals surface area contributed by atoms with Crippen LogP contribution < -0.4 is 4.90 Å². The van der Waals surface area contributed by atoms with Crippen molar-refractivity contribution in [2.75, 3.05) is 24.7 Å². The molecule has 2 aromatic carbocycles. The Morgan fingerprint density at radius 2 is 1.80 bits per heavy atom. The van der Waals surface area contributed by atoms with Gasteiger partial charge in [-0.3, -0.25) is 14.4 Å². The average molecular weight is 615 g/mol. The molecule has 3 unspecified atom stereocenters. The molecule has 0 aliphatic carbocycles. The van der Waals surface area contributed by atoms with Gasteiger partial charge in [0.15, 0.2) is 0 Å². The maximum atomic E-state index is 15.1. The number of hydrogen-bond acceptors (Lipinski definition) is 6. The van der Waals surface area contributed by atoms with Crippen molar-refractivity contribution in [2.24, 2.45) is 17.8 Å². The molecule has 2 aromatic rings. The molecular weight excluding hydrogens is 568 g/mol. The number of para-hydroxylation sites is 1. The second-order valence-electron chi connectivity index (χ2n) is 13.0. The van der Waals surface area contributed by atoms with Gasteiger partial charge in [0.25, 0.3) is 5.91 Å². The maximum Gasteiger partial charge on any atom is 0.312 e. The summed E-state index contributed by atoms with van der Waals surface area (Å²) >= 11 is 0. The van der Waals surface area contributed by atoms with E-state index >= 15 is 4.79 Å². The van der Waals surface area contributed by atoms with Crippen LogP contribution in [0.4, 0.5) is 5.69 Å². The van der Waals surface area contributed by atoms with Gasteiger partial charge in [-0.05, 0) is 69.1 Å². The van der Waals surface area contributed by atoms with Gasteiger partial charge in [-0.25, -0.2) is 0 Å². The first-order chi connectivity index (χ1) is 21.6. The monoisotopic (exact) mass is 614 g/mol. The molecule has 3 saturated heterocycles. The topological polar surface area (TPSA) is 96.4 Å². The first-order valence-corrected chi connectivity index (χ1v) is 16.0. The molecule has 240 valence electrons. The molecule has 8 nitrogen and oxygen atoms in total. The smallest absolute Gasteiger partial charge is 0.312 e. The minimum atomic E-state index is -1.28. The summed E-state index contributed by atoms with van der Waals surface area (Å²) in [5.74, 6) is -3.14. The molecule has 2 bridgehead atoms. The van der Waals surface area contributed by atoms with E-state index in [1.807, 2.05) is 82.3 Å². The number of hydrogen-bond donors (Lipinski definition) is 1. The molecule has 8 heteroatoms. The molecule has 1 N–H and O–H groups in total. The third-order valence-corrected chi connectivity index (χ3v) is 10.3. The number of carbonyl (C=O) groups is 3. The predicted octanol–water partition coefficient (Wildman–Crippen LogP) is 5.47. The molecule has 0 saturated carbocycles. The highest BCUT2D eigenvalue weighted by atomic mass is 16.6. The summed E-state index contributed by atoms with van der Waals surface area (Å²) in [4.78, 5) is 47.0. The van der Waals surface area contributed by atoms with E-state index in [1.54, 1.807) is 11.0 Å². The van der Waals surface area contributed by atoms with Crippen LogP contribution in [0.2, 0.25) is 0 Å². The van der Waals surface area contributed by atoms with E-state index in [1.165, 1.54) is 4.90 Å². The number of ether oxygens (including phenoxy) is 2. The van der Waals surface area contributed by atoms with Gasteiger partial charge in [-0.2, -0.15) is 0 Å². The number of aryl methyl sites for hydroxylation is 2. The van der Waals surface area contributed by atoms with Gasteiger partial charge < -0.3 is 24.4 Å². The molecule has 2 amide bonds. The van der Waals surface area contributed by atoms with Gasteiger partial charge in [0.05, 0.1) is 30.8 Å². The van der Waals surface area contributed by atoms with E-state index in [0.717, 1.165) is 29.7 Å². The summed E-state index contributed by atoms with van der Waals surface area (Å²) in [7, 11) is 0. The Bertz CT molecular complexity index is 1440. The number of unbranched alkanes of at least 4 members (excludes halogenated alkanes) is 2. The van der Waals surface area contributed by atoms with Crippen molar-refractivity contribution in [1.29, 1.82) is 0 Å². The number of aliphatic hydroxyl groups is 1. The molecular formula is C37H46N2O6. The van der Waals surface area contributed by atoms with E-state index in [-0.39, 0.29) is 30.9 Å². The predicted molar refractivity (Wildman–Crippen MR) is 173 cm³/mol. The number of anilines is 1. The molecule has 3 aliphatic rings. The van der Waals surface area contributed by atoms with E-state index in [0.29, 0.717) is 18.4 Å². The third-order valence-electron chi connectivity index (χ3n) is 10.3. The molecule has 3 fully saturated rings. The number of esters is 1. The van der Waals surface area contributed by atoms with Crippen molar-refractivity contribution >= 4 is 23.5 Å². The van der Waals surface area contributed by atoms with Crippen LogP contribution in [0, 0.1) is 31.6 Å². The van der Waals surface area contributed by atoms with Crippen LogP contribution in [0.5, 0.6) is 0 Å². The first kappa shape index (κ1) is 32.6. The zero-order valence-corrected chi connectivity index (χ0v) is 26.9. The van der Waals surface area contributed by atoms with Gasteiger partial charge in [0.2, 0.25) is 5.91 Å². The quantitative estimate of drug-likeness (QED) is 0.183. The highest BCUT2D eigenvalue weighted by molar-refractivity contribution is 6.05. The molecule has 45 heavy (non-hydrogen) atoms. The van der Waals surface area contributed by atoms with Crippen LogP contribution in [-0.4, -0.2) is 64.8 Å². The number of fused-ring (bicyclic) bond motifs is 1. The fourth-order valence-electron chi connectivity index (χ4n) is 8.13. The van der Waals surface area contributed by atoms with E-state index < -0.39 is 47.7 Å². The largest absolute Gasteiger partial charge is 0.465 e. The van der Waals surface area contributed by atoms with Crippen molar-refractivity contribution in [2.45, 2.75) is 76.7 Å². The van der Waals surface area contributed by atoms with Gasteiger partial charge in [-0.15, -0.1) is 13.2 Å². The van der Waals surface area contributed by atoms with Crippen molar-refractivity contribution in [1.82, 2.24) is 4.90 Å². The number of nitrogens with zero attached hydrogens (tertiary/aromatic N) is 2. The number of likely N-dealkylation sites (tertiary alicyclic amines) is 1. The number of rotatable bonds is 13. The normalized spacial score (nSPS) is 28.9. The van der Waals surface area contributed by atoms with Crippen molar-refractivity contribution < 1.29 is 29.0 Å². The Kier molecular flexibility index (Phi) is 9.38. The summed E-state index contributed by atoms with van der Waals surface area (Å²) in [6.07, 6.45) is 6.27.